The molecule has 2 heterocycles. The van der Waals surface area contributed by atoms with Crippen LogP contribution in [0.25, 0.3) is 10.9 Å². The van der Waals surface area contributed by atoms with Gasteiger partial charge in [-0.2, -0.15) is 0 Å². The van der Waals surface area contributed by atoms with Crippen molar-refractivity contribution in [2.24, 2.45) is 0 Å². The molecule has 1 aromatic heterocycles. The van der Waals surface area contributed by atoms with Crippen molar-refractivity contribution >= 4 is 28.4 Å². The van der Waals surface area contributed by atoms with Crippen LogP contribution in [-0.2, 0) is 6.54 Å². The van der Waals surface area contributed by atoms with Crippen LogP contribution >= 0.6 is 11.6 Å². The zero-order valence-corrected chi connectivity index (χ0v) is 16.6. The quantitative estimate of drug-likeness (QED) is 0.671. The molecular weight excluding hydrogens is 372 g/mol. The normalized spacial score (nSPS) is 15.8. The first-order valence-electron chi connectivity index (χ1n) is 9.72. The third-order valence-electron chi connectivity index (χ3n) is 5.25. The molecule has 3 aromatic rings. The van der Waals surface area contributed by atoms with Crippen LogP contribution in [-0.4, -0.2) is 60.0 Å². The number of nitrogens with one attached hydrogen (secondary N) is 2. The van der Waals surface area contributed by atoms with Crippen molar-refractivity contribution in [3.63, 3.8) is 0 Å². The van der Waals surface area contributed by atoms with Crippen molar-refractivity contribution < 1.29 is 4.79 Å². The molecule has 4 rings (SSSR count). The highest BCUT2D eigenvalue weighted by Gasteiger charge is 2.17. The lowest BCUT2D eigenvalue weighted by molar-refractivity contribution is 0.0930. The van der Waals surface area contributed by atoms with Gasteiger partial charge in [0.25, 0.3) is 5.91 Å². The molecule has 1 aliphatic rings. The maximum Gasteiger partial charge on any atom is 0.267 e. The summed E-state index contributed by atoms with van der Waals surface area (Å²) >= 11 is 6.01. The second-order valence-corrected chi connectivity index (χ2v) is 7.71. The monoisotopic (exact) mass is 396 g/mol. The standard InChI is InChI=1S/C22H25ClN4O/c23-19-6-7-20-18(14-19)15-21(25-20)22(28)24-8-9-26-10-12-27(13-11-26)16-17-4-2-1-3-5-17/h1-7,14-15,25H,8-13,16H2,(H,24,28). The van der Waals surface area contributed by atoms with E-state index >= 15 is 0 Å². The van der Waals surface area contributed by atoms with Crippen molar-refractivity contribution in [3.8, 4) is 0 Å². The molecule has 146 valence electrons. The average molecular weight is 397 g/mol. The zero-order chi connectivity index (χ0) is 19.3. The molecule has 0 aliphatic carbocycles. The van der Waals surface area contributed by atoms with Crippen LogP contribution < -0.4 is 5.32 Å². The molecule has 5 nitrogen and oxygen atoms in total. The van der Waals surface area contributed by atoms with Crippen LogP contribution in [0.4, 0.5) is 0 Å². The molecule has 1 aliphatic heterocycles. The van der Waals surface area contributed by atoms with Gasteiger partial charge in [0.15, 0.2) is 0 Å². The number of aromatic nitrogens is 1. The van der Waals surface area contributed by atoms with Gasteiger partial charge in [0.2, 0.25) is 0 Å². The Morgan fingerprint density at radius 2 is 1.75 bits per heavy atom. The van der Waals surface area contributed by atoms with Crippen LogP contribution in [0.15, 0.2) is 54.6 Å². The summed E-state index contributed by atoms with van der Waals surface area (Å²) in [5, 5.41) is 4.64. The Hall–Kier alpha value is -2.34. The van der Waals surface area contributed by atoms with Crippen molar-refractivity contribution in [2.45, 2.75) is 6.54 Å². The summed E-state index contributed by atoms with van der Waals surface area (Å²) in [7, 11) is 0. The fourth-order valence-electron chi connectivity index (χ4n) is 3.66. The average Bonchev–Trinajstić information content (AvgIpc) is 3.13. The van der Waals surface area contributed by atoms with E-state index in [-0.39, 0.29) is 5.91 Å². The number of carbonyl (C=O) groups is 1. The number of carbonyl (C=O) groups excluding carboxylic acids is 1. The van der Waals surface area contributed by atoms with Crippen molar-refractivity contribution in [1.29, 1.82) is 0 Å². The summed E-state index contributed by atoms with van der Waals surface area (Å²) in [5.74, 6) is -0.0740. The first-order chi connectivity index (χ1) is 13.7. The van der Waals surface area contributed by atoms with Crippen LogP contribution in [0.5, 0.6) is 0 Å². The molecule has 0 spiro atoms. The highest BCUT2D eigenvalue weighted by molar-refractivity contribution is 6.31. The zero-order valence-electron chi connectivity index (χ0n) is 15.8. The first-order valence-corrected chi connectivity index (χ1v) is 10.1. The van der Waals surface area contributed by atoms with Crippen molar-refractivity contribution in [3.05, 3.63) is 70.9 Å². The van der Waals surface area contributed by atoms with Crippen molar-refractivity contribution in [1.82, 2.24) is 20.1 Å². The number of fused-ring (bicyclic) bond motifs is 1. The van der Waals surface area contributed by atoms with Gasteiger partial charge in [-0.15, -0.1) is 0 Å². The Morgan fingerprint density at radius 1 is 1.00 bits per heavy atom. The Morgan fingerprint density at radius 3 is 2.54 bits per heavy atom. The van der Waals surface area contributed by atoms with Gasteiger partial charge in [-0.05, 0) is 29.8 Å². The molecule has 2 N–H and O–H groups in total. The molecule has 1 saturated heterocycles. The summed E-state index contributed by atoms with van der Waals surface area (Å²) in [5.41, 5.74) is 2.86. The number of hydrogen-bond donors (Lipinski definition) is 2. The molecule has 1 fully saturated rings. The number of nitrogens with zero attached hydrogens (tertiary/aromatic N) is 2. The van der Waals surface area contributed by atoms with E-state index in [1.54, 1.807) is 0 Å². The number of H-pyrrole nitrogens is 1. The van der Waals surface area contributed by atoms with Gasteiger partial charge in [0.05, 0.1) is 0 Å². The Labute approximate surface area is 170 Å². The van der Waals surface area contributed by atoms with E-state index in [1.165, 1.54) is 5.56 Å². The number of benzene rings is 2. The Bertz CT molecular complexity index is 932. The number of amides is 1. The molecule has 0 atom stereocenters. The number of halogens is 1. The lowest BCUT2D eigenvalue weighted by Crippen LogP contribution is -2.48. The molecule has 2 aromatic carbocycles. The van der Waals surface area contributed by atoms with Crippen LogP contribution in [0, 0.1) is 0 Å². The predicted molar refractivity (Wildman–Crippen MR) is 114 cm³/mol. The lowest BCUT2D eigenvalue weighted by Gasteiger charge is -2.34. The topological polar surface area (TPSA) is 51.4 Å². The molecule has 0 radical (unpaired) electrons. The lowest BCUT2D eigenvalue weighted by atomic mass is 10.2. The van der Waals surface area contributed by atoms with E-state index in [0.29, 0.717) is 17.3 Å². The predicted octanol–water partition coefficient (Wildman–Crippen LogP) is 3.37. The summed E-state index contributed by atoms with van der Waals surface area (Å²) < 4.78 is 0. The van der Waals surface area contributed by atoms with E-state index in [9.17, 15) is 4.79 Å². The van der Waals surface area contributed by atoms with E-state index < -0.39 is 0 Å². The minimum Gasteiger partial charge on any atom is -0.351 e. The van der Waals surface area contributed by atoms with Gasteiger partial charge >= 0.3 is 0 Å². The fourth-order valence-corrected chi connectivity index (χ4v) is 3.84. The van der Waals surface area contributed by atoms with Crippen LogP contribution in [0.3, 0.4) is 0 Å². The maximum atomic E-state index is 12.4. The maximum absolute atomic E-state index is 12.4. The second kappa shape index (κ2) is 8.78. The fraction of sp³-hybridized carbons (Fsp3) is 0.318. The van der Waals surface area contributed by atoms with Crippen LogP contribution in [0.2, 0.25) is 5.02 Å². The highest BCUT2D eigenvalue weighted by Crippen LogP contribution is 2.20. The van der Waals surface area contributed by atoms with Gasteiger partial charge in [0, 0.05) is 61.7 Å². The molecule has 0 bridgehead atoms. The molecular formula is C22H25ClN4O. The van der Waals surface area contributed by atoms with E-state index in [2.05, 4.69) is 50.4 Å². The number of aromatic amines is 1. The molecule has 6 heteroatoms. The van der Waals surface area contributed by atoms with Gasteiger partial charge < -0.3 is 10.3 Å². The van der Waals surface area contributed by atoms with E-state index in [4.69, 9.17) is 11.6 Å². The largest absolute Gasteiger partial charge is 0.351 e. The van der Waals surface area contributed by atoms with E-state index in [1.807, 2.05) is 24.3 Å². The van der Waals surface area contributed by atoms with Crippen molar-refractivity contribution in [2.75, 3.05) is 39.3 Å². The van der Waals surface area contributed by atoms with E-state index in [0.717, 1.165) is 50.2 Å². The first kappa shape index (κ1) is 19.0. The third-order valence-corrected chi connectivity index (χ3v) is 5.49. The number of rotatable bonds is 6. The van der Waals surface area contributed by atoms with Gasteiger partial charge in [-0.1, -0.05) is 41.9 Å². The number of hydrogen-bond acceptors (Lipinski definition) is 3. The minimum atomic E-state index is -0.0740. The highest BCUT2D eigenvalue weighted by atomic mass is 35.5. The smallest absolute Gasteiger partial charge is 0.267 e. The Balaban J connectivity index is 1.20. The summed E-state index contributed by atoms with van der Waals surface area (Å²) in [6.45, 7) is 6.72. The summed E-state index contributed by atoms with van der Waals surface area (Å²) in [6, 6.07) is 18.0. The molecule has 1 amide bonds. The van der Waals surface area contributed by atoms with Gasteiger partial charge in [-0.3, -0.25) is 14.6 Å². The second-order valence-electron chi connectivity index (χ2n) is 7.27. The molecule has 0 saturated carbocycles. The molecule has 28 heavy (non-hydrogen) atoms. The third kappa shape index (κ3) is 4.73. The Kier molecular flexibility index (Phi) is 5.95. The minimum absolute atomic E-state index is 0.0740. The SMILES string of the molecule is O=C(NCCN1CCN(Cc2ccccc2)CC1)c1cc2cc(Cl)ccc2[nH]1. The summed E-state index contributed by atoms with van der Waals surface area (Å²) in [6.07, 6.45) is 0. The van der Waals surface area contributed by atoms with Crippen LogP contribution in [0.1, 0.15) is 16.1 Å². The van der Waals surface area contributed by atoms with Gasteiger partial charge in [-0.25, -0.2) is 0 Å². The number of piperazine rings is 1. The summed E-state index contributed by atoms with van der Waals surface area (Å²) in [4.78, 5) is 20.4. The van der Waals surface area contributed by atoms with Gasteiger partial charge in [0.1, 0.15) is 5.69 Å². The molecule has 0 unspecified atom stereocenters.